The average Bonchev–Trinajstić information content (AvgIpc) is 2.73. The zero-order valence-corrected chi connectivity index (χ0v) is 7.56. The van der Waals surface area contributed by atoms with Crippen molar-refractivity contribution in [2.24, 2.45) is 0 Å². The molecule has 1 N–H and O–H groups in total. The number of benzene rings is 1. The van der Waals surface area contributed by atoms with Crippen molar-refractivity contribution in [3.05, 3.63) is 36.1 Å². The Morgan fingerprint density at radius 2 is 1.93 bits per heavy atom. The molecule has 4 heteroatoms. The summed E-state index contributed by atoms with van der Waals surface area (Å²) in [7, 11) is 0. The third-order valence-corrected chi connectivity index (χ3v) is 2.26. The molecule has 0 unspecified atom stereocenters. The lowest BCUT2D eigenvalue weighted by molar-refractivity contribution is 0.0665. The number of hydrogen-bond acceptors (Lipinski definition) is 3. The normalized spacial score (nSPS) is 11.2. The second-order valence-corrected chi connectivity index (χ2v) is 3.21. The summed E-state index contributed by atoms with van der Waals surface area (Å²) < 4.78 is 10.6. The number of carboxylic acids is 1. The van der Waals surface area contributed by atoms with Crippen LogP contribution < -0.4 is 0 Å². The van der Waals surface area contributed by atoms with Crippen LogP contribution in [0.1, 0.15) is 10.6 Å². The van der Waals surface area contributed by atoms with Crippen LogP contribution in [0.2, 0.25) is 0 Å². The lowest BCUT2D eigenvalue weighted by Gasteiger charge is -1.86. The van der Waals surface area contributed by atoms with E-state index in [2.05, 4.69) is 0 Å². The Bertz CT molecular complexity index is 659. The van der Waals surface area contributed by atoms with Gasteiger partial charge in [-0.2, -0.15) is 0 Å². The highest BCUT2D eigenvalue weighted by Crippen LogP contribution is 2.30. The molecule has 0 saturated carbocycles. The molecule has 0 aliphatic heterocycles. The van der Waals surface area contributed by atoms with Gasteiger partial charge in [-0.15, -0.1) is 0 Å². The maximum atomic E-state index is 10.7. The third-order valence-electron chi connectivity index (χ3n) is 2.26. The van der Waals surface area contributed by atoms with Gasteiger partial charge in [0, 0.05) is 6.07 Å². The second-order valence-electron chi connectivity index (χ2n) is 3.21. The zero-order valence-electron chi connectivity index (χ0n) is 7.56. The van der Waals surface area contributed by atoms with E-state index in [1.54, 1.807) is 0 Å². The quantitative estimate of drug-likeness (QED) is 0.658. The molecule has 0 spiro atoms. The third kappa shape index (κ3) is 1.05. The van der Waals surface area contributed by atoms with Gasteiger partial charge in [-0.25, -0.2) is 4.79 Å². The fourth-order valence-corrected chi connectivity index (χ4v) is 1.60. The molecule has 0 radical (unpaired) electrons. The molecule has 0 fully saturated rings. The predicted molar refractivity (Wildman–Crippen MR) is 52.9 cm³/mol. The van der Waals surface area contributed by atoms with Crippen molar-refractivity contribution in [3.8, 4) is 0 Å². The Hall–Kier alpha value is -2.23. The van der Waals surface area contributed by atoms with Crippen LogP contribution in [0.25, 0.3) is 22.1 Å². The monoisotopic (exact) mass is 202 g/mol. The van der Waals surface area contributed by atoms with Gasteiger partial charge in [0.15, 0.2) is 11.2 Å². The van der Waals surface area contributed by atoms with Gasteiger partial charge < -0.3 is 13.9 Å². The smallest absolute Gasteiger partial charge is 0.371 e. The van der Waals surface area contributed by atoms with Crippen LogP contribution in [-0.4, -0.2) is 11.1 Å². The van der Waals surface area contributed by atoms with E-state index < -0.39 is 5.97 Å². The Morgan fingerprint density at radius 3 is 2.73 bits per heavy atom. The summed E-state index contributed by atoms with van der Waals surface area (Å²) in [5.74, 6) is -1.19. The second kappa shape index (κ2) is 2.63. The SMILES string of the molecule is O=C(O)c1cc2oc3ccccc3c2o1. The molecule has 3 rings (SSSR count). The van der Waals surface area contributed by atoms with E-state index in [1.165, 1.54) is 6.07 Å². The van der Waals surface area contributed by atoms with Crippen molar-refractivity contribution >= 4 is 28.1 Å². The van der Waals surface area contributed by atoms with Crippen molar-refractivity contribution in [2.45, 2.75) is 0 Å². The topological polar surface area (TPSA) is 63.6 Å². The largest absolute Gasteiger partial charge is 0.475 e. The van der Waals surface area contributed by atoms with Crippen molar-refractivity contribution in [1.29, 1.82) is 0 Å². The maximum absolute atomic E-state index is 10.7. The number of aromatic carboxylic acids is 1. The molecule has 1 aromatic carbocycles. The fourth-order valence-electron chi connectivity index (χ4n) is 1.60. The Balaban J connectivity index is 2.42. The van der Waals surface area contributed by atoms with Crippen molar-refractivity contribution < 1.29 is 18.7 Å². The van der Waals surface area contributed by atoms with Crippen molar-refractivity contribution in [3.63, 3.8) is 0 Å². The number of rotatable bonds is 1. The summed E-state index contributed by atoms with van der Waals surface area (Å²) in [5, 5.41) is 9.53. The molecule has 0 aliphatic rings. The lowest BCUT2D eigenvalue weighted by atomic mass is 10.2. The van der Waals surface area contributed by atoms with Gasteiger partial charge in [0.25, 0.3) is 0 Å². The molecule has 3 aromatic rings. The molecule has 15 heavy (non-hydrogen) atoms. The summed E-state index contributed by atoms with van der Waals surface area (Å²) in [6, 6.07) is 8.72. The minimum atomic E-state index is -1.09. The maximum Gasteiger partial charge on any atom is 0.371 e. The molecule has 0 saturated heterocycles. The van der Waals surface area contributed by atoms with Gasteiger partial charge in [0.05, 0.1) is 5.39 Å². The molecule has 74 valence electrons. The molecule has 2 heterocycles. The van der Waals surface area contributed by atoms with E-state index in [0.29, 0.717) is 16.7 Å². The number of fused-ring (bicyclic) bond motifs is 3. The minimum absolute atomic E-state index is 0.102. The van der Waals surface area contributed by atoms with E-state index in [0.717, 1.165) is 5.39 Å². The van der Waals surface area contributed by atoms with Crippen LogP contribution in [0.5, 0.6) is 0 Å². The van der Waals surface area contributed by atoms with Crippen LogP contribution in [0, 0.1) is 0 Å². The Kier molecular flexibility index (Phi) is 1.42. The zero-order chi connectivity index (χ0) is 10.4. The molecule has 0 amide bonds. The molecular formula is C11H6O4. The average molecular weight is 202 g/mol. The summed E-state index contributed by atoms with van der Waals surface area (Å²) in [4.78, 5) is 10.7. The molecule has 2 aromatic heterocycles. The molecule has 0 aliphatic carbocycles. The van der Waals surface area contributed by atoms with Crippen LogP contribution >= 0.6 is 0 Å². The number of carboxylic acid groups (broad SMARTS) is 1. The van der Waals surface area contributed by atoms with Gasteiger partial charge in [0.2, 0.25) is 5.76 Å². The first-order valence-corrected chi connectivity index (χ1v) is 4.40. The van der Waals surface area contributed by atoms with E-state index in [9.17, 15) is 4.79 Å². The number of furan rings is 2. The summed E-state index contributed by atoms with van der Waals surface area (Å²) in [6.45, 7) is 0. The van der Waals surface area contributed by atoms with E-state index in [-0.39, 0.29) is 5.76 Å². The van der Waals surface area contributed by atoms with E-state index in [4.69, 9.17) is 13.9 Å². The molecular weight excluding hydrogens is 196 g/mol. The first-order valence-electron chi connectivity index (χ1n) is 4.40. The summed E-state index contributed by atoms with van der Waals surface area (Å²) in [5.41, 5.74) is 1.65. The highest BCUT2D eigenvalue weighted by Gasteiger charge is 2.16. The van der Waals surface area contributed by atoms with Gasteiger partial charge in [0.1, 0.15) is 5.58 Å². The van der Waals surface area contributed by atoms with Gasteiger partial charge in [-0.3, -0.25) is 0 Å². The standard InChI is InChI=1S/C11H6O4/c12-11(13)9-5-8-10(15-9)6-3-1-2-4-7(6)14-8/h1-5H,(H,12,13). The number of para-hydroxylation sites is 1. The fraction of sp³-hybridized carbons (Fsp3) is 0. The van der Waals surface area contributed by atoms with Gasteiger partial charge in [-0.05, 0) is 12.1 Å². The summed E-state index contributed by atoms with van der Waals surface area (Å²) >= 11 is 0. The molecule has 0 atom stereocenters. The number of hydrogen-bond donors (Lipinski definition) is 1. The highest BCUT2D eigenvalue weighted by atomic mass is 16.4. The van der Waals surface area contributed by atoms with Crippen LogP contribution in [-0.2, 0) is 0 Å². The predicted octanol–water partition coefficient (Wildman–Crippen LogP) is 2.88. The van der Waals surface area contributed by atoms with E-state index >= 15 is 0 Å². The first kappa shape index (κ1) is 8.11. The Labute approximate surface area is 83.7 Å². The van der Waals surface area contributed by atoms with Crippen molar-refractivity contribution in [1.82, 2.24) is 0 Å². The number of carbonyl (C=O) groups is 1. The van der Waals surface area contributed by atoms with Gasteiger partial charge >= 0.3 is 5.97 Å². The highest BCUT2D eigenvalue weighted by molar-refractivity contribution is 6.03. The van der Waals surface area contributed by atoms with Crippen molar-refractivity contribution in [2.75, 3.05) is 0 Å². The lowest BCUT2D eigenvalue weighted by Crippen LogP contribution is -1.91. The summed E-state index contributed by atoms with van der Waals surface area (Å²) in [6.07, 6.45) is 0. The Morgan fingerprint density at radius 1 is 1.13 bits per heavy atom. The first-order chi connectivity index (χ1) is 7.25. The minimum Gasteiger partial charge on any atom is -0.475 e. The van der Waals surface area contributed by atoms with E-state index in [1.807, 2.05) is 24.3 Å². The van der Waals surface area contributed by atoms with Crippen LogP contribution in [0.3, 0.4) is 0 Å². The molecule has 0 bridgehead atoms. The van der Waals surface area contributed by atoms with Crippen LogP contribution in [0.15, 0.2) is 39.2 Å². The van der Waals surface area contributed by atoms with Gasteiger partial charge in [-0.1, -0.05) is 12.1 Å². The molecule has 4 nitrogen and oxygen atoms in total. The van der Waals surface area contributed by atoms with Crippen LogP contribution in [0.4, 0.5) is 0 Å².